The zero-order valence-corrected chi connectivity index (χ0v) is 43.0. The second kappa shape index (κ2) is 53.7. The van der Waals surface area contributed by atoms with Crippen molar-refractivity contribution in [2.75, 3.05) is 13.2 Å². The number of carbonyl (C=O) groups excluding carboxylic acids is 3. The Morgan fingerprint density at radius 1 is 0.323 bits per heavy atom. The van der Waals surface area contributed by atoms with Crippen LogP contribution in [-0.2, 0) is 28.6 Å². The molecule has 0 radical (unpaired) electrons. The van der Waals surface area contributed by atoms with Gasteiger partial charge in [0.05, 0.1) is 0 Å². The molecule has 6 nitrogen and oxygen atoms in total. The molecule has 0 aliphatic carbocycles. The van der Waals surface area contributed by atoms with Crippen molar-refractivity contribution in [2.24, 2.45) is 0 Å². The number of unbranched alkanes of at least 4 members (excludes halogenated alkanes) is 29. The molecule has 0 N–H and O–H groups in total. The number of hydrogen-bond donors (Lipinski definition) is 0. The Balaban J connectivity index is 3.92. The molecular formula is C59H104O6. The summed E-state index contributed by atoms with van der Waals surface area (Å²) < 4.78 is 16.7. The standard InChI is InChI=1S/C59H104O6/c1-4-7-10-13-16-18-20-21-22-23-24-25-26-27-28-29-30-31-32-33-34-35-36-37-38-39-40-42-43-46-49-52-58(61)64-55-56(54-63-57(60)51-48-45-15-12-9-6-3)65-59(62)53-50-47-44-41-19-17-14-11-8-5-2/h7,10-11,14,16,18,21-22,24-25,56H,4-6,8-9,12-13,15,17,19-20,23,26-55H2,1-3H3/b10-7-,14-11-,18-16-,22-21-,25-24-. The number of carbonyl (C=O) groups is 3. The Labute approximate surface area is 402 Å². The number of esters is 3. The molecular weight excluding hydrogens is 805 g/mol. The SMILES string of the molecule is CC/C=C\C/C=C\C/C=C\C/C=C\CCCCCCCCCCCCCCCCCCCCC(=O)OCC(COC(=O)CCCCCCCC)OC(=O)CCCCCCC/C=C\CCC. The molecule has 0 heterocycles. The van der Waals surface area contributed by atoms with Crippen LogP contribution in [0.4, 0.5) is 0 Å². The zero-order chi connectivity index (χ0) is 47.2. The lowest BCUT2D eigenvalue weighted by Gasteiger charge is -2.18. The van der Waals surface area contributed by atoms with Crippen LogP contribution in [-0.4, -0.2) is 37.2 Å². The molecule has 6 heteroatoms. The number of rotatable bonds is 50. The number of allylic oxidation sites excluding steroid dienone is 10. The van der Waals surface area contributed by atoms with Gasteiger partial charge in [0.25, 0.3) is 0 Å². The van der Waals surface area contributed by atoms with E-state index in [4.69, 9.17) is 14.2 Å². The van der Waals surface area contributed by atoms with E-state index in [2.05, 4.69) is 81.5 Å². The van der Waals surface area contributed by atoms with Crippen LogP contribution in [0.5, 0.6) is 0 Å². The van der Waals surface area contributed by atoms with Crippen molar-refractivity contribution in [1.29, 1.82) is 0 Å². The van der Waals surface area contributed by atoms with Crippen LogP contribution in [0.25, 0.3) is 0 Å². The summed E-state index contributed by atoms with van der Waals surface area (Å²) in [5.74, 6) is -0.889. The molecule has 376 valence electrons. The van der Waals surface area contributed by atoms with E-state index in [1.807, 2.05) is 0 Å². The van der Waals surface area contributed by atoms with E-state index in [0.29, 0.717) is 19.3 Å². The molecule has 0 spiro atoms. The van der Waals surface area contributed by atoms with Crippen LogP contribution in [0.2, 0.25) is 0 Å². The maximum Gasteiger partial charge on any atom is 0.306 e. The van der Waals surface area contributed by atoms with E-state index < -0.39 is 6.10 Å². The highest BCUT2D eigenvalue weighted by molar-refractivity contribution is 5.71. The first-order chi connectivity index (χ1) is 32.0. The van der Waals surface area contributed by atoms with E-state index in [0.717, 1.165) is 103 Å². The highest BCUT2D eigenvalue weighted by atomic mass is 16.6. The molecule has 0 amide bonds. The lowest BCUT2D eigenvalue weighted by Crippen LogP contribution is -2.30. The summed E-state index contributed by atoms with van der Waals surface area (Å²) in [6.07, 6.45) is 67.0. The van der Waals surface area contributed by atoms with E-state index in [1.54, 1.807) is 0 Å². The van der Waals surface area contributed by atoms with Gasteiger partial charge in [0.15, 0.2) is 6.10 Å². The molecule has 1 atom stereocenters. The summed E-state index contributed by atoms with van der Waals surface area (Å²) in [7, 11) is 0. The van der Waals surface area contributed by atoms with Gasteiger partial charge in [-0.1, -0.05) is 242 Å². The van der Waals surface area contributed by atoms with Gasteiger partial charge in [-0.25, -0.2) is 0 Å². The van der Waals surface area contributed by atoms with Gasteiger partial charge < -0.3 is 14.2 Å². The fourth-order valence-electron chi connectivity index (χ4n) is 7.85. The van der Waals surface area contributed by atoms with Crippen molar-refractivity contribution in [3.63, 3.8) is 0 Å². The highest BCUT2D eigenvalue weighted by Crippen LogP contribution is 2.16. The summed E-state index contributed by atoms with van der Waals surface area (Å²) in [5.41, 5.74) is 0. The molecule has 0 aliphatic heterocycles. The highest BCUT2D eigenvalue weighted by Gasteiger charge is 2.19. The molecule has 0 rings (SSSR count). The minimum Gasteiger partial charge on any atom is -0.462 e. The summed E-state index contributed by atoms with van der Waals surface area (Å²) in [6, 6.07) is 0. The molecule has 0 saturated carbocycles. The summed E-state index contributed by atoms with van der Waals surface area (Å²) in [4.78, 5) is 37.7. The Hall–Kier alpha value is -2.89. The Morgan fingerprint density at radius 2 is 0.631 bits per heavy atom. The quantitative estimate of drug-likeness (QED) is 0.0262. The lowest BCUT2D eigenvalue weighted by molar-refractivity contribution is -0.167. The third-order valence-corrected chi connectivity index (χ3v) is 12.0. The fraction of sp³-hybridized carbons (Fsp3) is 0.780. The van der Waals surface area contributed by atoms with Crippen molar-refractivity contribution in [1.82, 2.24) is 0 Å². The van der Waals surface area contributed by atoms with Gasteiger partial charge in [0.1, 0.15) is 13.2 Å². The van der Waals surface area contributed by atoms with Crippen LogP contribution < -0.4 is 0 Å². The maximum absolute atomic E-state index is 12.7. The fourth-order valence-corrected chi connectivity index (χ4v) is 7.85. The molecule has 65 heavy (non-hydrogen) atoms. The van der Waals surface area contributed by atoms with Crippen LogP contribution in [0.3, 0.4) is 0 Å². The van der Waals surface area contributed by atoms with Crippen molar-refractivity contribution in [3.05, 3.63) is 60.8 Å². The van der Waals surface area contributed by atoms with Crippen molar-refractivity contribution >= 4 is 17.9 Å². The third kappa shape index (κ3) is 51.9. The largest absolute Gasteiger partial charge is 0.462 e. The minimum atomic E-state index is -0.770. The molecule has 0 fully saturated rings. The van der Waals surface area contributed by atoms with Crippen molar-refractivity contribution < 1.29 is 28.6 Å². The Bertz CT molecular complexity index is 1180. The van der Waals surface area contributed by atoms with E-state index in [9.17, 15) is 14.4 Å². The summed E-state index contributed by atoms with van der Waals surface area (Å²) >= 11 is 0. The van der Waals surface area contributed by atoms with Gasteiger partial charge in [-0.15, -0.1) is 0 Å². The lowest BCUT2D eigenvalue weighted by atomic mass is 10.0. The van der Waals surface area contributed by atoms with Crippen LogP contribution in [0, 0.1) is 0 Å². The molecule has 1 unspecified atom stereocenters. The van der Waals surface area contributed by atoms with E-state index >= 15 is 0 Å². The van der Waals surface area contributed by atoms with Crippen LogP contribution in [0.15, 0.2) is 60.8 Å². The molecule has 0 aromatic heterocycles. The van der Waals surface area contributed by atoms with Crippen molar-refractivity contribution in [3.8, 4) is 0 Å². The predicted octanol–water partition coefficient (Wildman–Crippen LogP) is 18.4. The minimum absolute atomic E-state index is 0.0744. The Morgan fingerprint density at radius 3 is 1.02 bits per heavy atom. The molecule has 0 aromatic rings. The monoisotopic (exact) mass is 909 g/mol. The second-order valence-corrected chi connectivity index (χ2v) is 18.5. The second-order valence-electron chi connectivity index (χ2n) is 18.5. The Kier molecular flexibility index (Phi) is 51.3. The maximum atomic E-state index is 12.7. The number of hydrogen-bond acceptors (Lipinski definition) is 6. The van der Waals surface area contributed by atoms with Crippen molar-refractivity contribution in [2.45, 2.75) is 284 Å². The van der Waals surface area contributed by atoms with E-state index in [1.165, 1.54) is 135 Å². The summed E-state index contributed by atoms with van der Waals surface area (Å²) in [5, 5.41) is 0. The average Bonchev–Trinajstić information content (AvgIpc) is 3.30. The van der Waals surface area contributed by atoms with Crippen LogP contribution in [0.1, 0.15) is 278 Å². The molecule has 0 aromatic carbocycles. The van der Waals surface area contributed by atoms with Gasteiger partial charge in [-0.2, -0.15) is 0 Å². The van der Waals surface area contributed by atoms with E-state index in [-0.39, 0.29) is 31.1 Å². The topological polar surface area (TPSA) is 78.9 Å². The smallest absolute Gasteiger partial charge is 0.306 e. The van der Waals surface area contributed by atoms with Gasteiger partial charge in [0, 0.05) is 19.3 Å². The third-order valence-electron chi connectivity index (χ3n) is 12.0. The predicted molar refractivity (Wildman–Crippen MR) is 279 cm³/mol. The molecule has 0 saturated heterocycles. The average molecular weight is 909 g/mol. The van der Waals surface area contributed by atoms with Gasteiger partial charge in [0.2, 0.25) is 0 Å². The molecule has 0 bridgehead atoms. The molecule has 0 aliphatic rings. The summed E-state index contributed by atoms with van der Waals surface area (Å²) in [6.45, 7) is 6.41. The van der Waals surface area contributed by atoms with Crippen LogP contribution >= 0.6 is 0 Å². The van der Waals surface area contributed by atoms with Gasteiger partial charge in [-0.3, -0.25) is 14.4 Å². The normalized spacial score (nSPS) is 12.5. The zero-order valence-electron chi connectivity index (χ0n) is 43.0. The van der Waals surface area contributed by atoms with Gasteiger partial charge in [-0.05, 0) is 77.0 Å². The first-order valence-electron chi connectivity index (χ1n) is 27.8. The number of ether oxygens (including phenoxy) is 3. The first-order valence-corrected chi connectivity index (χ1v) is 27.8. The first kappa shape index (κ1) is 62.1. The van der Waals surface area contributed by atoms with Gasteiger partial charge >= 0.3 is 17.9 Å².